The molecular weight excluding hydrogens is 188 g/mol. The Labute approximate surface area is 90.1 Å². The van der Waals surface area contributed by atoms with Crippen LogP contribution in [-0.2, 0) is 12.1 Å². The van der Waals surface area contributed by atoms with Gasteiger partial charge in [0.2, 0.25) is 0 Å². The van der Waals surface area contributed by atoms with Gasteiger partial charge in [-0.2, -0.15) is 5.10 Å². The van der Waals surface area contributed by atoms with Gasteiger partial charge in [-0.25, -0.2) is 9.67 Å². The van der Waals surface area contributed by atoms with Crippen LogP contribution < -0.4 is 5.32 Å². The van der Waals surface area contributed by atoms with Crippen molar-refractivity contribution in [3.63, 3.8) is 0 Å². The molecule has 2 unspecified atom stereocenters. The smallest absolute Gasteiger partial charge is 0.147 e. The highest BCUT2D eigenvalue weighted by atomic mass is 15.4. The van der Waals surface area contributed by atoms with Crippen LogP contribution in [0.15, 0.2) is 6.33 Å². The van der Waals surface area contributed by atoms with Crippen LogP contribution in [0.5, 0.6) is 0 Å². The van der Waals surface area contributed by atoms with Crippen molar-refractivity contribution in [2.45, 2.75) is 39.3 Å². The third-order valence-corrected chi connectivity index (χ3v) is 3.78. The van der Waals surface area contributed by atoms with E-state index in [2.05, 4.69) is 40.9 Å². The molecule has 1 N–H and O–H groups in total. The lowest BCUT2D eigenvalue weighted by Gasteiger charge is -2.29. The summed E-state index contributed by atoms with van der Waals surface area (Å²) in [6.07, 6.45) is 2.89. The van der Waals surface area contributed by atoms with Gasteiger partial charge in [-0.15, -0.1) is 0 Å². The Morgan fingerprint density at radius 1 is 1.53 bits per heavy atom. The summed E-state index contributed by atoms with van der Waals surface area (Å²) in [6, 6.07) is 0. The molecule has 1 aromatic rings. The molecule has 2 heterocycles. The fourth-order valence-corrected chi connectivity index (χ4v) is 2.99. The van der Waals surface area contributed by atoms with Crippen LogP contribution in [0.25, 0.3) is 0 Å². The zero-order chi connectivity index (χ0) is 10.7. The number of hydrogen-bond donors (Lipinski definition) is 1. The van der Waals surface area contributed by atoms with Gasteiger partial charge >= 0.3 is 0 Å². The van der Waals surface area contributed by atoms with Gasteiger partial charge in [0, 0.05) is 6.54 Å². The first-order valence-electron chi connectivity index (χ1n) is 5.67. The van der Waals surface area contributed by atoms with E-state index >= 15 is 0 Å². The number of rotatable bonds is 0. The van der Waals surface area contributed by atoms with E-state index in [-0.39, 0.29) is 5.54 Å². The van der Waals surface area contributed by atoms with E-state index in [1.54, 1.807) is 6.33 Å². The van der Waals surface area contributed by atoms with E-state index < -0.39 is 0 Å². The molecule has 0 aromatic carbocycles. The molecule has 0 radical (unpaired) electrons. The summed E-state index contributed by atoms with van der Waals surface area (Å²) in [5, 5.41) is 7.92. The highest BCUT2D eigenvalue weighted by Crippen LogP contribution is 2.60. The standard InChI is InChI=1S/C11H18N4/c1-10(2,3)8-6-11(8)9-12-7-14-15(9)5-4-13-11/h7-8,13H,4-6H2,1-3H3. The van der Waals surface area contributed by atoms with Gasteiger partial charge in [-0.3, -0.25) is 0 Å². The number of nitrogens with one attached hydrogen (secondary N) is 1. The first-order chi connectivity index (χ1) is 7.04. The molecule has 1 spiro atoms. The molecule has 4 heteroatoms. The number of hydrogen-bond acceptors (Lipinski definition) is 3. The molecule has 1 aliphatic carbocycles. The van der Waals surface area contributed by atoms with E-state index in [9.17, 15) is 0 Å². The highest BCUT2D eigenvalue weighted by molar-refractivity contribution is 5.24. The zero-order valence-corrected chi connectivity index (χ0v) is 9.62. The molecule has 0 saturated heterocycles. The van der Waals surface area contributed by atoms with E-state index in [1.165, 1.54) is 6.42 Å². The van der Waals surface area contributed by atoms with Crippen molar-refractivity contribution in [3.8, 4) is 0 Å². The minimum Gasteiger partial charge on any atom is -0.303 e. The lowest BCUT2D eigenvalue weighted by Crippen LogP contribution is -2.43. The Balaban J connectivity index is 1.99. The molecule has 15 heavy (non-hydrogen) atoms. The molecule has 3 rings (SSSR count). The summed E-state index contributed by atoms with van der Waals surface area (Å²) < 4.78 is 2.06. The van der Waals surface area contributed by atoms with Crippen molar-refractivity contribution in [1.82, 2.24) is 20.1 Å². The van der Waals surface area contributed by atoms with Crippen LogP contribution in [0.2, 0.25) is 0 Å². The minimum atomic E-state index is 0.132. The molecule has 2 aliphatic rings. The van der Waals surface area contributed by atoms with Gasteiger partial charge in [-0.05, 0) is 17.8 Å². The maximum Gasteiger partial charge on any atom is 0.147 e. The fraction of sp³-hybridized carbons (Fsp3) is 0.818. The van der Waals surface area contributed by atoms with Crippen molar-refractivity contribution >= 4 is 0 Å². The van der Waals surface area contributed by atoms with Gasteiger partial charge < -0.3 is 5.32 Å². The molecule has 1 aliphatic heterocycles. The molecule has 4 nitrogen and oxygen atoms in total. The highest BCUT2D eigenvalue weighted by Gasteiger charge is 2.63. The van der Waals surface area contributed by atoms with Crippen molar-refractivity contribution in [2.24, 2.45) is 11.3 Å². The summed E-state index contributed by atoms with van der Waals surface area (Å²) in [4.78, 5) is 4.43. The molecule has 0 amide bonds. The molecule has 1 saturated carbocycles. The third kappa shape index (κ3) is 1.17. The van der Waals surface area contributed by atoms with E-state index in [0.29, 0.717) is 11.3 Å². The predicted molar refractivity (Wildman–Crippen MR) is 57.3 cm³/mol. The SMILES string of the molecule is CC(C)(C)C1CC12NCCn1ncnc12. The maximum absolute atomic E-state index is 4.43. The molecule has 1 aromatic heterocycles. The van der Waals surface area contributed by atoms with E-state index in [4.69, 9.17) is 0 Å². The Morgan fingerprint density at radius 3 is 3.00 bits per heavy atom. The molecule has 2 atom stereocenters. The summed E-state index contributed by atoms with van der Waals surface area (Å²) >= 11 is 0. The van der Waals surface area contributed by atoms with Crippen LogP contribution in [0.4, 0.5) is 0 Å². The second kappa shape index (κ2) is 2.61. The Morgan fingerprint density at radius 2 is 2.33 bits per heavy atom. The van der Waals surface area contributed by atoms with Crippen molar-refractivity contribution in [2.75, 3.05) is 6.54 Å². The lowest BCUT2D eigenvalue weighted by molar-refractivity contribution is 0.262. The Hall–Kier alpha value is -0.900. The topological polar surface area (TPSA) is 42.7 Å². The Bertz CT molecular complexity index is 390. The van der Waals surface area contributed by atoms with Gasteiger partial charge in [0.05, 0.1) is 12.1 Å². The van der Waals surface area contributed by atoms with Gasteiger partial charge in [0.1, 0.15) is 12.2 Å². The van der Waals surface area contributed by atoms with Crippen LogP contribution in [-0.4, -0.2) is 21.3 Å². The summed E-state index contributed by atoms with van der Waals surface area (Å²) in [5.74, 6) is 1.84. The number of nitrogens with zero attached hydrogens (tertiary/aromatic N) is 3. The summed E-state index contributed by atoms with van der Waals surface area (Å²) in [7, 11) is 0. The van der Waals surface area contributed by atoms with Gasteiger partial charge in [0.15, 0.2) is 0 Å². The monoisotopic (exact) mass is 206 g/mol. The molecule has 1 fully saturated rings. The average molecular weight is 206 g/mol. The van der Waals surface area contributed by atoms with Gasteiger partial charge in [-0.1, -0.05) is 20.8 Å². The maximum atomic E-state index is 4.43. The van der Waals surface area contributed by atoms with E-state index in [0.717, 1.165) is 18.9 Å². The van der Waals surface area contributed by atoms with Crippen molar-refractivity contribution < 1.29 is 0 Å². The molecular formula is C11H18N4. The first kappa shape index (κ1) is 9.33. The number of fused-ring (bicyclic) bond motifs is 2. The summed E-state index contributed by atoms with van der Waals surface area (Å²) in [5.41, 5.74) is 0.480. The zero-order valence-electron chi connectivity index (χ0n) is 9.62. The van der Waals surface area contributed by atoms with Crippen molar-refractivity contribution in [1.29, 1.82) is 0 Å². The Kier molecular flexibility index (Phi) is 1.63. The van der Waals surface area contributed by atoms with Crippen LogP contribution in [0.1, 0.15) is 33.0 Å². The normalized spacial score (nSPS) is 34.2. The summed E-state index contributed by atoms with van der Waals surface area (Å²) in [6.45, 7) is 8.90. The molecule has 82 valence electrons. The number of aromatic nitrogens is 3. The quantitative estimate of drug-likeness (QED) is 0.692. The fourth-order valence-electron chi connectivity index (χ4n) is 2.99. The minimum absolute atomic E-state index is 0.132. The van der Waals surface area contributed by atoms with Crippen molar-refractivity contribution in [3.05, 3.63) is 12.2 Å². The van der Waals surface area contributed by atoms with Crippen LogP contribution in [0.3, 0.4) is 0 Å². The molecule has 0 bridgehead atoms. The second-order valence-electron chi connectivity index (χ2n) is 5.83. The second-order valence-corrected chi connectivity index (χ2v) is 5.83. The predicted octanol–water partition coefficient (Wildman–Crippen LogP) is 1.14. The third-order valence-electron chi connectivity index (χ3n) is 3.78. The van der Waals surface area contributed by atoms with Crippen LogP contribution >= 0.6 is 0 Å². The van der Waals surface area contributed by atoms with Gasteiger partial charge in [0.25, 0.3) is 0 Å². The largest absolute Gasteiger partial charge is 0.303 e. The average Bonchev–Trinajstić information content (AvgIpc) is 2.68. The van der Waals surface area contributed by atoms with Crippen LogP contribution in [0, 0.1) is 11.3 Å². The first-order valence-corrected chi connectivity index (χ1v) is 5.67. The van der Waals surface area contributed by atoms with E-state index in [1.807, 2.05) is 0 Å². The lowest BCUT2D eigenvalue weighted by atomic mass is 9.86.